The standard InChI is InChI=1S/C16H14ClIN2O2/c1-10(15(21)20-12-8-6-11(18)7-9-12)19-16(22)13-4-2-3-5-14(13)17/h2-10H,1H3,(H,19,22)(H,20,21)/t10-/m0/s1. The summed E-state index contributed by atoms with van der Waals surface area (Å²) in [6.45, 7) is 1.62. The lowest BCUT2D eigenvalue weighted by molar-refractivity contribution is -0.117. The topological polar surface area (TPSA) is 58.2 Å². The van der Waals surface area contributed by atoms with Crippen molar-refractivity contribution in [2.75, 3.05) is 5.32 Å². The molecule has 0 aromatic heterocycles. The van der Waals surface area contributed by atoms with Gasteiger partial charge in [-0.1, -0.05) is 23.7 Å². The van der Waals surface area contributed by atoms with Crippen LogP contribution in [0.15, 0.2) is 48.5 Å². The number of carbonyl (C=O) groups excluding carboxylic acids is 2. The molecule has 2 aromatic carbocycles. The maximum atomic E-state index is 12.1. The number of halogens is 2. The first-order valence-corrected chi connectivity index (χ1v) is 8.05. The molecule has 2 rings (SSSR count). The predicted molar refractivity (Wildman–Crippen MR) is 96.2 cm³/mol. The summed E-state index contributed by atoms with van der Waals surface area (Å²) in [7, 11) is 0. The molecular formula is C16H14ClIN2O2. The minimum absolute atomic E-state index is 0.290. The highest BCUT2D eigenvalue weighted by Crippen LogP contribution is 2.15. The number of nitrogens with one attached hydrogen (secondary N) is 2. The summed E-state index contributed by atoms with van der Waals surface area (Å²) in [5.41, 5.74) is 1.03. The van der Waals surface area contributed by atoms with Crippen LogP contribution in [0.4, 0.5) is 5.69 Å². The number of amides is 2. The molecule has 0 spiro atoms. The Morgan fingerprint density at radius 1 is 1.09 bits per heavy atom. The Bertz CT molecular complexity index is 689. The molecule has 0 bridgehead atoms. The van der Waals surface area contributed by atoms with Gasteiger partial charge in [-0.05, 0) is 65.9 Å². The van der Waals surface area contributed by atoms with Gasteiger partial charge in [0.05, 0.1) is 10.6 Å². The molecule has 2 N–H and O–H groups in total. The van der Waals surface area contributed by atoms with E-state index < -0.39 is 6.04 Å². The molecule has 0 aliphatic heterocycles. The van der Waals surface area contributed by atoms with Crippen LogP contribution in [0, 0.1) is 3.57 Å². The van der Waals surface area contributed by atoms with Gasteiger partial charge in [0.15, 0.2) is 0 Å². The van der Waals surface area contributed by atoms with Crippen molar-refractivity contribution < 1.29 is 9.59 Å². The third kappa shape index (κ3) is 4.45. The van der Waals surface area contributed by atoms with Gasteiger partial charge in [-0.3, -0.25) is 9.59 Å². The van der Waals surface area contributed by atoms with E-state index in [0.29, 0.717) is 16.3 Å². The van der Waals surface area contributed by atoms with E-state index >= 15 is 0 Å². The molecule has 114 valence electrons. The van der Waals surface area contributed by atoms with E-state index in [-0.39, 0.29) is 11.8 Å². The number of benzene rings is 2. The maximum absolute atomic E-state index is 12.1. The lowest BCUT2D eigenvalue weighted by atomic mass is 10.2. The molecular weight excluding hydrogens is 415 g/mol. The second kappa shape index (κ2) is 7.60. The van der Waals surface area contributed by atoms with Gasteiger partial charge >= 0.3 is 0 Å². The van der Waals surface area contributed by atoms with Crippen LogP contribution in [0.2, 0.25) is 5.02 Å². The van der Waals surface area contributed by atoms with Crippen molar-refractivity contribution in [1.82, 2.24) is 5.32 Å². The summed E-state index contributed by atoms with van der Waals surface area (Å²) in [5.74, 6) is -0.669. The van der Waals surface area contributed by atoms with Crippen molar-refractivity contribution in [1.29, 1.82) is 0 Å². The van der Waals surface area contributed by atoms with E-state index in [1.54, 1.807) is 31.2 Å². The lowest BCUT2D eigenvalue weighted by Gasteiger charge is -2.14. The zero-order valence-electron chi connectivity index (χ0n) is 11.8. The Labute approximate surface area is 147 Å². The van der Waals surface area contributed by atoms with Crippen molar-refractivity contribution in [2.45, 2.75) is 13.0 Å². The summed E-state index contributed by atoms with van der Waals surface area (Å²) in [6.07, 6.45) is 0. The van der Waals surface area contributed by atoms with E-state index in [1.165, 1.54) is 0 Å². The Kier molecular flexibility index (Phi) is 5.79. The molecule has 1 atom stereocenters. The van der Waals surface area contributed by atoms with Crippen LogP contribution in [0.5, 0.6) is 0 Å². The highest BCUT2D eigenvalue weighted by Gasteiger charge is 2.18. The number of hydrogen-bond donors (Lipinski definition) is 2. The molecule has 0 saturated heterocycles. The molecule has 0 radical (unpaired) electrons. The van der Waals surface area contributed by atoms with Crippen molar-refractivity contribution in [3.8, 4) is 0 Å². The van der Waals surface area contributed by atoms with Crippen LogP contribution in [-0.4, -0.2) is 17.9 Å². The third-order valence-electron chi connectivity index (χ3n) is 2.97. The smallest absolute Gasteiger partial charge is 0.253 e. The van der Waals surface area contributed by atoms with Gasteiger partial charge in [-0.15, -0.1) is 0 Å². The van der Waals surface area contributed by atoms with E-state index in [9.17, 15) is 9.59 Å². The van der Waals surface area contributed by atoms with Crippen LogP contribution in [0.1, 0.15) is 17.3 Å². The van der Waals surface area contributed by atoms with Gasteiger partial charge in [0, 0.05) is 9.26 Å². The van der Waals surface area contributed by atoms with E-state index in [4.69, 9.17) is 11.6 Å². The number of hydrogen-bond acceptors (Lipinski definition) is 2. The first-order chi connectivity index (χ1) is 10.5. The molecule has 4 nitrogen and oxygen atoms in total. The van der Waals surface area contributed by atoms with Crippen molar-refractivity contribution in [3.63, 3.8) is 0 Å². The number of anilines is 1. The Hall–Kier alpha value is -1.60. The van der Waals surface area contributed by atoms with Gasteiger partial charge in [0.2, 0.25) is 5.91 Å². The molecule has 22 heavy (non-hydrogen) atoms. The zero-order chi connectivity index (χ0) is 16.1. The zero-order valence-corrected chi connectivity index (χ0v) is 14.7. The molecule has 2 aromatic rings. The second-order valence-corrected chi connectivity index (χ2v) is 6.32. The monoisotopic (exact) mass is 428 g/mol. The largest absolute Gasteiger partial charge is 0.340 e. The maximum Gasteiger partial charge on any atom is 0.253 e. The summed E-state index contributed by atoms with van der Waals surface area (Å²) >= 11 is 8.15. The van der Waals surface area contributed by atoms with Crippen molar-refractivity contribution in [2.24, 2.45) is 0 Å². The molecule has 0 aliphatic rings. The molecule has 0 heterocycles. The summed E-state index contributed by atoms with van der Waals surface area (Å²) in [6, 6.07) is 13.4. The quantitative estimate of drug-likeness (QED) is 0.730. The van der Waals surface area contributed by atoms with Crippen LogP contribution in [-0.2, 0) is 4.79 Å². The van der Waals surface area contributed by atoms with Gasteiger partial charge in [-0.25, -0.2) is 0 Å². The van der Waals surface area contributed by atoms with Gasteiger partial charge in [0.25, 0.3) is 5.91 Å². The summed E-state index contributed by atoms with van der Waals surface area (Å²) in [5, 5.41) is 5.73. The van der Waals surface area contributed by atoms with Crippen LogP contribution in [0.25, 0.3) is 0 Å². The van der Waals surface area contributed by atoms with Crippen molar-refractivity contribution >= 4 is 51.7 Å². The minimum atomic E-state index is -0.678. The van der Waals surface area contributed by atoms with E-state index in [2.05, 4.69) is 33.2 Å². The second-order valence-electron chi connectivity index (χ2n) is 4.67. The first-order valence-electron chi connectivity index (χ1n) is 6.59. The van der Waals surface area contributed by atoms with E-state index in [0.717, 1.165) is 3.57 Å². The normalized spacial score (nSPS) is 11.6. The van der Waals surface area contributed by atoms with Crippen LogP contribution in [0.3, 0.4) is 0 Å². The first kappa shape index (κ1) is 16.8. The van der Waals surface area contributed by atoms with Gasteiger partial charge < -0.3 is 10.6 Å². The number of carbonyl (C=O) groups is 2. The highest BCUT2D eigenvalue weighted by molar-refractivity contribution is 14.1. The van der Waals surface area contributed by atoms with Crippen molar-refractivity contribution in [3.05, 3.63) is 62.7 Å². The summed E-state index contributed by atoms with van der Waals surface area (Å²) < 4.78 is 1.08. The molecule has 0 fully saturated rings. The van der Waals surface area contributed by atoms with E-state index in [1.807, 2.05) is 24.3 Å². The molecule has 0 unspecified atom stereocenters. The van der Waals surface area contributed by atoms with Gasteiger partial charge in [-0.2, -0.15) is 0 Å². The van der Waals surface area contributed by atoms with Crippen LogP contribution < -0.4 is 10.6 Å². The molecule has 0 aliphatic carbocycles. The Morgan fingerprint density at radius 2 is 1.73 bits per heavy atom. The third-order valence-corrected chi connectivity index (χ3v) is 4.02. The fraction of sp³-hybridized carbons (Fsp3) is 0.125. The fourth-order valence-electron chi connectivity index (χ4n) is 1.77. The number of rotatable bonds is 4. The minimum Gasteiger partial charge on any atom is -0.340 e. The van der Waals surface area contributed by atoms with Crippen LogP contribution >= 0.6 is 34.2 Å². The Morgan fingerprint density at radius 3 is 2.36 bits per heavy atom. The predicted octanol–water partition coefficient (Wildman–Crippen LogP) is 3.70. The van der Waals surface area contributed by atoms with Gasteiger partial charge in [0.1, 0.15) is 6.04 Å². The fourth-order valence-corrected chi connectivity index (χ4v) is 2.35. The average molecular weight is 429 g/mol. The average Bonchev–Trinajstić information content (AvgIpc) is 2.49. The molecule has 2 amide bonds. The molecule has 0 saturated carbocycles. The SMILES string of the molecule is C[C@H](NC(=O)c1ccccc1Cl)C(=O)Nc1ccc(I)cc1. The molecule has 6 heteroatoms. The Balaban J connectivity index is 1.98. The summed E-state index contributed by atoms with van der Waals surface area (Å²) in [4.78, 5) is 24.2. The highest BCUT2D eigenvalue weighted by atomic mass is 127. The lowest BCUT2D eigenvalue weighted by Crippen LogP contribution is -2.41.